The summed E-state index contributed by atoms with van der Waals surface area (Å²) in [5.74, 6) is 0.0891. The monoisotopic (exact) mass is 464 g/mol. The molecule has 0 aliphatic carbocycles. The third-order valence-electron chi connectivity index (χ3n) is 5.18. The molecule has 3 rings (SSSR count). The summed E-state index contributed by atoms with van der Waals surface area (Å²) in [6, 6.07) is 19.6. The lowest BCUT2D eigenvalue weighted by Crippen LogP contribution is -2.28. The van der Waals surface area contributed by atoms with Crippen molar-refractivity contribution in [3.63, 3.8) is 0 Å². The molecule has 8 heteroatoms. The Balaban J connectivity index is 1.66. The minimum atomic E-state index is -3.73. The fraction of sp³-hybridized carbons (Fsp3) is 0.200. The zero-order valence-corrected chi connectivity index (χ0v) is 19.6. The van der Waals surface area contributed by atoms with Crippen LogP contribution in [-0.4, -0.2) is 27.5 Å². The second-order valence-electron chi connectivity index (χ2n) is 7.53. The van der Waals surface area contributed by atoms with Crippen LogP contribution in [0.15, 0.2) is 71.6 Å². The van der Waals surface area contributed by atoms with Gasteiger partial charge >= 0.3 is 5.97 Å². The number of benzene rings is 3. The quantitative estimate of drug-likeness (QED) is 0.380. The number of carbonyl (C=O) groups excluding carboxylic acids is 1. The topological polar surface area (TPSA) is 96.7 Å². The standard InChI is InChI=1S/C25H24N2O5S/c1-17-5-14-24(15-18(17)2)33(29,30)27(4)21-8-12-23(13-9-21)32-25(28)19(3)31-22-10-6-20(16-26)7-11-22/h5-15,19H,1-4H3. The number of hydrogen-bond acceptors (Lipinski definition) is 6. The molecule has 0 spiro atoms. The van der Waals surface area contributed by atoms with Crippen LogP contribution in [0.1, 0.15) is 23.6 Å². The van der Waals surface area contributed by atoms with E-state index in [1.807, 2.05) is 19.9 Å². The third kappa shape index (κ3) is 5.51. The van der Waals surface area contributed by atoms with Crippen LogP contribution in [0.4, 0.5) is 5.69 Å². The van der Waals surface area contributed by atoms with Crippen LogP contribution in [0.25, 0.3) is 0 Å². The molecule has 0 aliphatic heterocycles. The van der Waals surface area contributed by atoms with Crippen LogP contribution >= 0.6 is 0 Å². The summed E-state index contributed by atoms with van der Waals surface area (Å²) in [6.07, 6.45) is -0.884. The molecule has 0 saturated carbocycles. The van der Waals surface area contributed by atoms with Crippen LogP contribution in [0.5, 0.6) is 11.5 Å². The second kappa shape index (κ2) is 9.76. The summed E-state index contributed by atoms with van der Waals surface area (Å²) in [6.45, 7) is 5.34. The van der Waals surface area contributed by atoms with Crippen molar-refractivity contribution < 1.29 is 22.7 Å². The van der Waals surface area contributed by atoms with Crippen molar-refractivity contribution >= 4 is 21.7 Å². The Morgan fingerprint density at radius 3 is 2.12 bits per heavy atom. The lowest BCUT2D eigenvalue weighted by molar-refractivity contribution is -0.141. The molecule has 0 heterocycles. The summed E-state index contributed by atoms with van der Waals surface area (Å²) in [5, 5.41) is 8.84. The van der Waals surface area contributed by atoms with Crippen molar-refractivity contribution in [3.05, 3.63) is 83.4 Å². The first kappa shape index (κ1) is 23.8. The van der Waals surface area contributed by atoms with E-state index in [-0.39, 0.29) is 10.6 Å². The number of carbonyl (C=O) groups is 1. The number of nitrogens with zero attached hydrogens (tertiary/aromatic N) is 2. The molecule has 170 valence electrons. The lowest BCUT2D eigenvalue weighted by Gasteiger charge is -2.20. The van der Waals surface area contributed by atoms with Crippen molar-refractivity contribution in [3.8, 4) is 17.6 Å². The van der Waals surface area contributed by atoms with Crippen molar-refractivity contribution in [1.82, 2.24) is 0 Å². The van der Waals surface area contributed by atoms with E-state index in [1.54, 1.807) is 61.5 Å². The molecule has 0 N–H and O–H groups in total. The van der Waals surface area contributed by atoms with Gasteiger partial charge in [0.1, 0.15) is 11.5 Å². The molecule has 0 aliphatic rings. The van der Waals surface area contributed by atoms with Crippen LogP contribution in [0.2, 0.25) is 0 Å². The first-order chi connectivity index (χ1) is 15.6. The van der Waals surface area contributed by atoms with E-state index in [2.05, 4.69) is 0 Å². The van der Waals surface area contributed by atoms with Gasteiger partial charge in [-0.1, -0.05) is 6.07 Å². The highest BCUT2D eigenvalue weighted by Crippen LogP contribution is 2.26. The number of sulfonamides is 1. The van der Waals surface area contributed by atoms with Gasteiger partial charge in [0.25, 0.3) is 10.0 Å². The highest BCUT2D eigenvalue weighted by molar-refractivity contribution is 7.92. The second-order valence-corrected chi connectivity index (χ2v) is 9.50. The fourth-order valence-electron chi connectivity index (χ4n) is 2.95. The molecule has 0 radical (unpaired) electrons. The zero-order chi connectivity index (χ0) is 24.2. The zero-order valence-electron chi connectivity index (χ0n) is 18.8. The van der Waals surface area contributed by atoms with Gasteiger partial charge in [-0.25, -0.2) is 13.2 Å². The molecule has 1 unspecified atom stereocenters. The number of esters is 1. The molecule has 0 saturated heterocycles. The summed E-state index contributed by atoms with van der Waals surface area (Å²) in [7, 11) is -2.26. The number of rotatable bonds is 7. The number of nitriles is 1. The van der Waals surface area contributed by atoms with E-state index in [9.17, 15) is 13.2 Å². The highest BCUT2D eigenvalue weighted by Gasteiger charge is 2.22. The number of anilines is 1. The Labute approximate surface area is 193 Å². The Bertz CT molecular complexity index is 1290. The van der Waals surface area contributed by atoms with E-state index in [0.29, 0.717) is 17.0 Å². The van der Waals surface area contributed by atoms with Crippen LogP contribution in [0, 0.1) is 25.2 Å². The summed E-state index contributed by atoms with van der Waals surface area (Å²) in [5.41, 5.74) is 2.82. The summed E-state index contributed by atoms with van der Waals surface area (Å²) >= 11 is 0. The van der Waals surface area contributed by atoms with E-state index < -0.39 is 22.1 Å². The van der Waals surface area contributed by atoms with Gasteiger partial charge in [0.05, 0.1) is 22.2 Å². The molecule has 7 nitrogen and oxygen atoms in total. The molecule has 1 atom stereocenters. The van der Waals surface area contributed by atoms with Crippen LogP contribution < -0.4 is 13.8 Å². The maximum absolute atomic E-state index is 13.0. The van der Waals surface area contributed by atoms with Gasteiger partial charge in [0.2, 0.25) is 0 Å². The van der Waals surface area contributed by atoms with E-state index >= 15 is 0 Å². The smallest absolute Gasteiger partial charge is 0.352 e. The molecule has 0 aromatic heterocycles. The predicted octanol–water partition coefficient (Wildman–Crippen LogP) is 4.37. The largest absolute Gasteiger partial charge is 0.479 e. The molecule has 33 heavy (non-hydrogen) atoms. The van der Waals surface area contributed by atoms with Crippen molar-refractivity contribution in [2.75, 3.05) is 11.4 Å². The Kier molecular flexibility index (Phi) is 7.04. The first-order valence-electron chi connectivity index (χ1n) is 10.2. The van der Waals surface area contributed by atoms with Gasteiger partial charge in [0.15, 0.2) is 6.10 Å². The van der Waals surface area contributed by atoms with E-state index in [4.69, 9.17) is 14.7 Å². The van der Waals surface area contributed by atoms with Crippen LogP contribution in [-0.2, 0) is 14.8 Å². The van der Waals surface area contributed by atoms with E-state index in [1.165, 1.54) is 23.5 Å². The lowest BCUT2D eigenvalue weighted by atomic mass is 10.1. The average molecular weight is 465 g/mol. The maximum atomic E-state index is 13.0. The molecule has 3 aromatic rings. The highest BCUT2D eigenvalue weighted by atomic mass is 32.2. The molecule has 0 fully saturated rings. The summed E-state index contributed by atoms with van der Waals surface area (Å²) in [4.78, 5) is 12.6. The number of aryl methyl sites for hydroxylation is 2. The fourth-order valence-corrected chi connectivity index (χ4v) is 4.24. The van der Waals surface area contributed by atoms with Crippen molar-refractivity contribution in [1.29, 1.82) is 5.26 Å². The maximum Gasteiger partial charge on any atom is 0.352 e. The summed E-state index contributed by atoms with van der Waals surface area (Å²) < 4.78 is 38.0. The Morgan fingerprint density at radius 1 is 0.939 bits per heavy atom. The molecular formula is C25H24N2O5S. The van der Waals surface area contributed by atoms with Gasteiger partial charge in [-0.05, 0) is 92.6 Å². The molecule has 0 bridgehead atoms. The van der Waals surface area contributed by atoms with Crippen molar-refractivity contribution in [2.24, 2.45) is 0 Å². The van der Waals surface area contributed by atoms with Crippen molar-refractivity contribution in [2.45, 2.75) is 31.8 Å². The first-order valence-corrected chi connectivity index (χ1v) is 11.6. The van der Waals surface area contributed by atoms with Gasteiger partial charge in [-0.3, -0.25) is 4.31 Å². The third-order valence-corrected chi connectivity index (χ3v) is 6.97. The van der Waals surface area contributed by atoms with Gasteiger partial charge in [-0.15, -0.1) is 0 Å². The molecular weight excluding hydrogens is 440 g/mol. The predicted molar refractivity (Wildman–Crippen MR) is 125 cm³/mol. The number of ether oxygens (including phenoxy) is 2. The van der Waals surface area contributed by atoms with Gasteiger partial charge < -0.3 is 9.47 Å². The minimum absolute atomic E-state index is 0.206. The van der Waals surface area contributed by atoms with E-state index in [0.717, 1.165) is 11.1 Å². The normalized spacial score (nSPS) is 11.8. The minimum Gasteiger partial charge on any atom is -0.479 e. The van der Waals surface area contributed by atoms with Crippen LogP contribution in [0.3, 0.4) is 0 Å². The molecule has 0 amide bonds. The van der Waals surface area contributed by atoms with Gasteiger partial charge in [-0.2, -0.15) is 5.26 Å². The number of hydrogen-bond donors (Lipinski definition) is 0. The van der Waals surface area contributed by atoms with Gasteiger partial charge in [0, 0.05) is 7.05 Å². The Hall–Kier alpha value is -3.83. The molecule has 3 aromatic carbocycles. The average Bonchev–Trinajstić information content (AvgIpc) is 2.81. The Morgan fingerprint density at radius 2 is 1.55 bits per heavy atom. The SMILES string of the molecule is Cc1ccc(S(=O)(=O)N(C)c2ccc(OC(=O)C(C)Oc3ccc(C#N)cc3)cc2)cc1C.